The van der Waals surface area contributed by atoms with Crippen LogP contribution in [-0.2, 0) is 0 Å². The van der Waals surface area contributed by atoms with Gasteiger partial charge >= 0.3 is 0 Å². The van der Waals surface area contributed by atoms with E-state index in [9.17, 15) is 0 Å². The predicted octanol–water partition coefficient (Wildman–Crippen LogP) is 3.30. The summed E-state index contributed by atoms with van der Waals surface area (Å²) < 4.78 is 0.788. The van der Waals surface area contributed by atoms with Gasteiger partial charge in [0.2, 0.25) is 0 Å². The van der Waals surface area contributed by atoms with E-state index in [1.807, 2.05) is 12.1 Å². The molecule has 1 aromatic carbocycles. The molecule has 14 heavy (non-hydrogen) atoms. The largest absolute Gasteiger partial charge is 0.192 e. The lowest BCUT2D eigenvalue weighted by Gasteiger charge is -1.95. The van der Waals surface area contributed by atoms with Crippen LogP contribution in [0.25, 0.3) is 10.1 Å². The van der Waals surface area contributed by atoms with Crippen molar-refractivity contribution in [1.29, 1.82) is 10.5 Å². The van der Waals surface area contributed by atoms with Gasteiger partial charge in [0.25, 0.3) is 0 Å². The molecule has 0 saturated carbocycles. The average Bonchev–Trinajstić information content (AvgIpc) is 2.59. The molecule has 0 aliphatic carbocycles. The standard InChI is InChI=1S/C10H3ClN2S/c11-9-5-14-10-7(9)2-1-6(3-12)8(10)4-13/h1-2,5H. The summed E-state index contributed by atoms with van der Waals surface area (Å²) >= 11 is 7.30. The van der Waals surface area contributed by atoms with Crippen molar-refractivity contribution in [2.75, 3.05) is 0 Å². The van der Waals surface area contributed by atoms with Crippen LogP contribution >= 0.6 is 22.9 Å². The normalized spacial score (nSPS) is 9.64. The fourth-order valence-corrected chi connectivity index (χ4v) is 2.55. The molecule has 0 aliphatic rings. The number of hydrogen-bond acceptors (Lipinski definition) is 3. The van der Waals surface area contributed by atoms with Crippen molar-refractivity contribution < 1.29 is 0 Å². The molecule has 0 radical (unpaired) electrons. The Hall–Kier alpha value is -1.55. The third-order valence-corrected chi connectivity index (χ3v) is 3.38. The van der Waals surface area contributed by atoms with Gasteiger partial charge in [0, 0.05) is 10.8 Å². The van der Waals surface area contributed by atoms with E-state index in [2.05, 4.69) is 0 Å². The molecule has 0 amide bonds. The second-order valence-electron chi connectivity index (χ2n) is 2.67. The molecule has 2 aromatic rings. The smallest absolute Gasteiger partial charge is 0.102 e. The second-order valence-corrected chi connectivity index (χ2v) is 3.96. The van der Waals surface area contributed by atoms with E-state index in [1.54, 1.807) is 17.5 Å². The zero-order chi connectivity index (χ0) is 10.1. The second kappa shape index (κ2) is 3.31. The molecule has 0 saturated heterocycles. The van der Waals surface area contributed by atoms with Crippen molar-refractivity contribution in [2.45, 2.75) is 0 Å². The number of nitrogens with zero attached hydrogens (tertiary/aromatic N) is 2. The molecule has 2 nitrogen and oxygen atoms in total. The first kappa shape index (κ1) is 9.02. The molecule has 0 unspecified atom stereocenters. The maximum atomic E-state index is 8.92. The Morgan fingerprint density at radius 3 is 2.64 bits per heavy atom. The molecular formula is C10H3ClN2S. The van der Waals surface area contributed by atoms with Crippen LogP contribution in [0.4, 0.5) is 0 Å². The Balaban J connectivity index is 2.95. The van der Waals surface area contributed by atoms with Crippen molar-refractivity contribution in [3.05, 3.63) is 33.7 Å². The Bertz CT molecular complexity index is 586. The fourth-order valence-electron chi connectivity index (χ4n) is 1.27. The van der Waals surface area contributed by atoms with Crippen molar-refractivity contribution in [1.82, 2.24) is 0 Å². The lowest BCUT2D eigenvalue weighted by Crippen LogP contribution is -1.82. The summed E-state index contributed by atoms with van der Waals surface area (Å²) in [5.41, 5.74) is 0.820. The van der Waals surface area contributed by atoms with E-state index >= 15 is 0 Å². The fraction of sp³-hybridized carbons (Fsp3) is 0. The zero-order valence-electron chi connectivity index (χ0n) is 6.91. The minimum absolute atomic E-state index is 0.401. The summed E-state index contributed by atoms with van der Waals surface area (Å²) in [4.78, 5) is 0. The van der Waals surface area contributed by atoms with Gasteiger partial charge in [-0.1, -0.05) is 17.7 Å². The van der Waals surface area contributed by atoms with Gasteiger partial charge in [-0.15, -0.1) is 11.3 Å². The number of thiophene rings is 1. The molecule has 1 aromatic heterocycles. The van der Waals surface area contributed by atoms with E-state index in [0.29, 0.717) is 16.1 Å². The predicted molar refractivity (Wildman–Crippen MR) is 56.3 cm³/mol. The number of fused-ring (bicyclic) bond motifs is 1. The van der Waals surface area contributed by atoms with E-state index in [-0.39, 0.29) is 0 Å². The Morgan fingerprint density at radius 2 is 2.00 bits per heavy atom. The van der Waals surface area contributed by atoms with Crippen LogP contribution in [0.3, 0.4) is 0 Å². The molecule has 0 spiro atoms. The van der Waals surface area contributed by atoms with Gasteiger partial charge in [-0.25, -0.2) is 0 Å². The van der Waals surface area contributed by atoms with Crippen molar-refractivity contribution >= 4 is 33.0 Å². The van der Waals surface area contributed by atoms with Crippen molar-refractivity contribution in [2.24, 2.45) is 0 Å². The third-order valence-electron chi connectivity index (χ3n) is 1.93. The zero-order valence-corrected chi connectivity index (χ0v) is 8.49. The third kappa shape index (κ3) is 1.15. The Kier molecular flexibility index (Phi) is 2.13. The quantitative estimate of drug-likeness (QED) is 0.681. The highest BCUT2D eigenvalue weighted by Crippen LogP contribution is 2.33. The first-order valence-electron chi connectivity index (χ1n) is 3.78. The maximum absolute atomic E-state index is 8.92. The molecular weight excluding hydrogens is 216 g/mol. The Labute approximate surface area is 89.6 Å². The monoisotopic (exact) mass is 218 g/mol. The number of rotatable bonds is 0. The summed E-state index contributed by atoms with van der Waals surface area (Å²) in [5.74, 6) is 0. The first-order chi connectivity index (χ1) is 6.77. The van der Waals surface area contributed by atoms with Crippen LogP contribution in [0.2, 0.25) is 5.02 Å². The van der Waals surface area contributed by atoms with Crippen LogP contribution in [0.15, 0.2) is 17.5 Å². The van der Waals surface area contributed by atoms with Crippen LogP contribution in [0.5, 0.6) is 0 Å². The van der Waals surface area contributed by atoms with Crippen LogP contribution in [0, 0.1) is 22.7 Å². The van der Waals surface area contributed by atoms with Crippen LogP contribution in [-0.4, -0.2) is 0 Å². The minimum atomic E-state index is 0.401. The lowest BCUT2D eigenvalue weighted by molar-refractivity contribution is 1.46. The molecule has 1 heterocycles. The summed E-state index contributed by atoms with van der Waals surface area (Å²) in [6.07, 6.45) is 0. The molecule has 0 fully saturated rings. The van der Waals surface area contributed by atoms with E-state index in [1.165, 1.54) is 11.3 Å². The van der Waals surface area contributed by atoms with E-state index in [0.717, 1.165) is 10.1 Å². The van der Waals surface area contributed by atoms with Gasteiger partial charge in [-0.2, -0.15) is 10.5 Å². The van der Waals surface area contributed by atoms with Crippen molar-refractivity contribution in [3.8, 4) is 12.1 Å². The molecule has 4 heteroatoms. The summed E-state index contributed by atoms with van der Waals surface area (Å²) in [6, 6.07) is 7.42. The van der Waals surface area contributed by atoms with Crippen LogP contribution in [0.1, 0.15) is 11.1 Å². The highest BCUT2D eigenvalue weighted by Gasteiger charge is 2.10. The number of hydrogen-bond donors (Lipinski definition) is 0. The summed E-state index contributed by atoms with van der Waals surface area (Å²) in [5, 5.41) is 20.9. The number of nitriles is 2. The number of halogens is 1. The summed E-state index contributed by atoms with van der Waals surface area (Å²) in [7, 11) is 0. The van der Waals surface area contributed by atoms with Crippen molar-refractivity contribution in [3.63, 3.8) is 0 Å². The number of benzene rings is 1. The molecule has 0 bridgehead atoms. The highest BCUT2D eigenvalue weighted by atomic mass is 35.5. The van der Waals surface area contributed by atoms with Gasteiger partial charge in [0.1, 0.15) is 12.1 Å². The first-order valence-corrected chi connectivity index (χ1v) is 5.03. The lowest BCUT2D eigenvalue weighted by atomic mass is 10.1. The highest BCUT2D eigenvalue weighted by molar-refractivity contribution is 7.18. The van der Waals surface area contributed by atoms with Gasteiger partial charge in [-0.05, 0) is 6.07 Å². The van der Waals surface area contributed by atoms with E-state index in [4.69, 9.17) is 22.1 Å². The maximum Gasteiger partial charge on any atom is 0.102 e. The topological polar surface area (TPSA) is 47.6 Å². The summed E-state index contributed by atoms with van der Waals surface area (Å²) in [6.45, 7) is 0. The van der Waals surface area contributed by atoms with Crippen LogP contribution < -0.4 is 0 Å². The molecule has 2 rings (SSSR count). The average molecular weight is 219 g/mol. The van der Waals surface area contributed by atoms with Gasteiger partial charge in [0.15, 0.2) is 0 Å². The molecule has 66 valence electrons. The molecule has 0 atom stereocenters. The van der Waals surface area contributed by atoms with Gasteiger partial charge in [0.05, 0.1) is 20.8 Å². The molecule has 0 N–H and O–H groups in total. The molecule has 0 aliphatic heterocycles. The van der Waals surface area contributed by atoms with E-state index < -0.39 is 0 Å². The SMILES string of the molecule is N#Cc1ccc2c(Cl)csc2c1C#N. The Morgan fingerprint density at radius 1 is 1.21 bits per heavy atom. The van der Waals surface area contributed by atoms with Gasteiger partial charge in [-0.3, -0.25) is 0 Å². The minimum Gasteiger partial charge on any atom is -0.192 e. The van der Waals surface area contributed by atoms with Gasteiger partial charge < -0.3 is 0 Å².